The van der Waals surface area contributed by atoms with Gasteiger partial charge in [-0.05, 0) is 54.1 Å². The summed E-state index contributed by atoms with van der Waals surface area (Å²) >= 11 is 1.53. The van der Waals surface area contributed by atoms with E-state index in [1.54, 1.807) is 18.2 Å². The van der Waals surface area contributed by atoms with Crippen LogP contribution in [0, 0.1) is 5.92 Å². The van der Waals surface area contributed by atoms with Gasteiger partial charge < -0.3 is 14.8 Å². The molecule has 2 aliphatic rings. The van der Waals surface area contributed by atoms with E-state index in [9.17, 15) is 45.5 Å². The van der Waals surface area contributed by atoms with Crippen LogP contribution in [-0.2, 0) is 33.3 Å². The third-order valence-electron chi connectivity index (χ3n) is 8.02. The van der Waals surface area contributed by atoms with Crippen LogP contribution < -0.4 is 24.6 Å². The predicted octanol–water partition coefficient (Wildman–Crippen LogP) is 6.40. The quantitative estimate of drug-likeness (QED) is 0.174. The van der Waals surface area contributed by atoms with Gasteiger partial charge in [0, 0.05) is 16.5 Å². The molecule has 0 saturated carbocycles. The molecule has 17 heteroatoms. The van der Waals surface area contributed by atoms with Gasteiger partial charge in [-0.15, -0.1) is 0 Å². The average molecular weight is 724 g/mol. The van der Waals surface area contributed by atoms with Crippen LogP contribution in [0.4, 0.5) is 37.7 Å². The first kappa shape index (κ1) is 34.1. The van der Waals surface area contributed by atoms with Crippen LogP contribution in [0.3, 0.4) is 0 Å². The van der Waals surface area contributed by atoms with Crippen molar-refractivity contribution in [1.82, 2.24) is 4.57 Å². The van der Waals surface area contributed by atoms with Crippen molar-refractivity contribution in [2.75, 3.05) is 24.4 Å². The minimum absolute atomic E-state index is 0.155. The number of hydrogen-bond acceptors (Lipinski definition) is 8. The molecule has 0 spiro atoms. The van der Waals surface area contributed by atoms with Gasteiger partial charge in [-0.3, -0.25) is 23.7 Å². The molecule has 49 heavy (non-hydrogen) atoms. The lowest BCUT2D eigenvalue weighted by Crippen LogP contribution is -2.33. The van der Waals surface area contributed by atoms with Crippen LogP contribution in [0.15, 0.2) is 76.6 Å². The first-order valence-corrected chi connectivity index (χ1v) is 16.0. The number of rotatable bonds is 7. The number of thioether (sulfide) groups is 1. The average Bonchev–Trinajstić information content (AvgIpc) is 3.49. The highest BCUT2D eigenvalue weighted by molar-refractivity contribution is 8.00. The molecule has 256 valence electrons. The molecular weight excluding hydrogens is 700 g/mol. The molecule has 1 N–H and O–H groups in total. The zero-order valence-corrected chi connectivity index (χ0v) is 26.9. The summed E-state index contributed by atoms with van der Waals surface area (Å²) in [5, 5.41) is 1.28. The number of benzene rings is 3. The fraction of sp³-hybridized carbons (Fsp3) is 0.250. The van der Waals surface area contributed by atoms with Crippen LogP contribution in [0.1, 0.15) is 27.5 Å². The molecule has 0 unspecified atom stereocenters. The van der Waals surface area contributed by atoms with Crippen molar-refractivity contribution < 1.29 is 50.2 Å². The molecule has 3 aromatic carbocycles. The van der Waals surface area contributed by atoms with Gasteiger partial charge in [0.2, 0.25) is 17.7 Å². The van der Waals surface area contributed by atoms with Gasteiger partial charge in [0.1, 0.15) is 11.8 Å². The molecule has 3 atom stereocenters. The van der Waals surface area contributed by atoms with E-state index < -0.39 is 69.7 Å². The summed E-state index contributed by atoms with van der Waals surface area (Å²) in [5.41, 5.74) is -2.09. The number of carbonyl (C=O) groups is 3. The van der Waals surface area contributed by atoms with Gasteiger partial charge in [0.25, 0.3) is 0 Å². The van der Waals surface area contributed by atoms with Gasteiger partial charge in [0.15, 0.2) is 11.5 Å². The third-order valence-corrected chi connectivity index (χ3v) is 10.6. The number of imide groups is 1. The number of aromatic nitrogens is 1. The number of anilines is 2. The van der Waals surface area contributed by atoms with Gasteiger partial charge in [0.05, 0.1) is 42.0 Å². The number of thiazole rings is 1. The van der Waals surface area contributed by atoms with Crippen molar-refractivity contribution in [3.63, 3.8) is 0 Å². The first-order chi connectivity index (χ1) is 23.1. The number of halogens is 6. The SMILES string of the molecule is COc1ccc([C@@H]2c3sc(=O)n(CC(=O)Nc4cccc(C(F)(F)F)c4)c3S[C@@H]3C(=O)N(c4cccc(C(F)(F)F)c4)C(=O)[C@H]23)cc1OC. The van der Waals surface area contributed by atoms with Crippen molar-refractivity contribution in [2.24, 2.45) is 5.92 Å². The first-order valence-electron chi connectivity index (χ1n) is 14.3. The molecule has 0 bridgehead atoms. The summed E-state index contributed by atoms with van der Waals surface area (Å²) < 4.78 is 92.2. The second kappa shape index (κ2) is 12.6. The molecule has 3 heterocycles. The molecule has 1 aromatic heterocycles. The Morgan fingerprint density at radius 2 is 1.49 bits per heavy atom. The molecule has 0 radical (unpaired) electrons. The number of methoxy groups -OCH3 is 2. The van der Waals surface area contributed by atoms with E-state index in [0.717, 1.165) is 46.7 Å². The van der Waals surface area contributed by atoms with E-state index in [2.05, 4.69) is 5.32 Å². The summed E-state index contributed by atoms with van der Waals surface area (Å²) in [6.07, 6.45) is -9.41. The number of alkyl halides is 6. The second-order valence-corrected chi connectivity index (χ2v) is 13.1. The number of fused-ring (bicyclic) bond motifs is 2. The summed E-state index contributed by atoms with van der Waals surface area (Å²) in [6.45, 7) is -0.649. The van der Waals surface area contributed by atoms with E-state index in [0.29, 0.717) is 38.5 Å². The zero-order valence-electron chi connectivity index (χ0n) is 25.2. The van der Waals surface area contributed by atoms with Crippen LogP contribution in [0.5, 0.6) is 11.5 Å². The Labute approximate surface area is 281 Å². The smallest absolute Gasteiger partial charge is 0.416 e. The van der Waals surface area contributed by atoms with Gasteiger partial charge in [-0.25, -0.2) is 4.90 Å². The standard InChI is InChI=1S/C32H23F6N3O6S2/c1-46-20-10-9-15(11-21(20)47-2)23-24-25(28(44)41(27(24)43)19-8-4-6-17(13-19)32(36,37)38)48-29-26(23)49-30(45)40(29)14-22(42)39-18-7-3-5-16(12-18)31(33,34)35/h3-13,23-25H,14H2,1-2H3,(H,39,42)/t23-,24+,25-/m0/s1. The molecular formula is C32H23F6N3O6S2. The lowest BCUT2D eigenvalue weighted by molar-refractivity contribution is -0.138. The van der Waals surface area contributed by atoms with Crippen molar-refractivity contribution in [1.29, 1.82) is 0 Å². The lowest BCUT2D eigenvalue weighted by Gasteiger charge is -2.31. The minimum atomic E-state index is -4.75. The Bertz CT molecular complexity index is 2040. The number of hydrogen-bond donors (Lipinski definition) is 1. The highest BCUT2D eigenvalue weighted by Gasteiger charge is 2.57. The topological polar surface area (TPSA) is 107 Å². The molecule has 0 aliphatic carbocycles. The molecule has 1 saturated heterocycles. The summed E-state index contributed by atoms with van der Waals surface area (Å²) in [6, 6.07) is 12.4. The highest BCUT2D eigenvalue weighted by Crippen LogP contribution is 2.54. The largest absolute Gasteiger partial charge is 0.493 e. The van der Waals surface area contributed by atoms with E-state index in [4.69, 9.17) is 9.47 Å². The molecule has 4 aromatic rings. The number of nitrogens with zero attached hydrogens (tertiary/aromatic N) is 2. The second-order valence-electron chi connectivity index (χ2n) is 11.0. The van der Waals surface area contributed by atoms with Crippen LogP contribution in [-0.4, -0.2) is 41.8 Å². The lowest BCUT2D eigenvalue weighted by atomic mass is 9.83. The third kappa shape index (κ3) is 6.27. The van der Waals surface area contributed by atoms with Crippen molar-refractivity contribution in [3.05, 3.63) is 98.0 Å². The predicted molar refractivity (Wildman–Crippen MR) is 167 cm³/mol. The number of ether oxygens (including phenoxy) is 2. The van der Waals surface area contributed by atoms with Crippen molar-refractivity contribution in [2.45, 2.75) is 35.1 Å². The molecule has 6 rings (SSSR count). The number of nitrogens with one attached hydrogen (secondary N) is 1. The van der Waals surface area contributed by atoms with Crippen molar-refractivity contribution in [3.8, 4) is 11.5 Å². The highest BCUT2D eigenvalue weighted by atomic mass is 32.2. The molecule has 2 aliphatic heterocycles. The number of carbonyl (C=O) groups excluding carboxylic acids is 3. The Kier molecular flexibility index (Phi) is 8.77. The molecule has 3 amide bonds. The van der Waals surface area contributed by atoms with Gasteiger partial charge in [-0.1, -0.05) is 41.3 Å². The Balaban J connectivity index is 1.42. The van der Waals surface area contributed by atoms with Crippen molar-refractivity contribution >= 4 is 52.2 Å². The monoisotopic (exact) mass is 723 g/mol. The van der Waals surface area contributed by atoms with E-state index in [1.165, 1.54) is 26.4 Å². The maximum Gasteiger partial charge on any atom is 0.416 e. The van der Waals surface area contributed by atoms with E-state index in [1.807, 2.05) is 0 Å². The summed E-state index contributed by atoms with van der Waals surface area (Å²) in [5.74, 6) is -4.02. The summed E-state index contributed by atoms with van der Waals surface area (Å²) in [7, 11) is 2.79. The normalized spacial score (nSPS) is 19.0. The number of amides is 3. The fourth-order valence-electron chi connectivity index (χ4n) is 5.85. The van der Waals surface area contributed by atoms with Crippen LogP contribution >= 0.6 is 23.1 Å². The van der Waals surface area contributed by atoms with E-state index >= 15 is 0 Å². The maximum absolute atomic E-state index is 14.1. The Morgan fingerprint density at radius 1 is 0.837 bits per heavy atom. The summed E-state index contributed by atoms with van der Waals surface area (Å²) in [4.78, 5) is 54.8. The maximum atomic E-state index is 14.1. The minimum Gasteiger partial charge on any atom is -0.493 e. The van der Waals surface area contributed by atoms with Crippen LogP contribution in [0.25, 0.3) is 0 Å². The molecule has 9 nitrogen and oxygen atoms in total. The molecule has 1 fully saturated rings. The van der Waals surface area contributed by atoms with Gasteiger partial charge in [-0.2, -0.15) is 26.3 Å². The fourth-order valence-corrected chi connectivity index (χ4v) is 8.63. The Morgan fingerprint density at radius 3 is 2.14 bits per heavy atom. The Hall–Kier alpha value is -4.77. The van der Waals surface area contributed by atoms with Gasteiger partial charge >= 0.3 is 17.2 Å². The zero-order chi connectivity index (χ0) is 35.4. The van der Waals surface area contributed by atoms with E-state index in [-0.39, 0.29) is 22.2 Å². The van der Waals surface area contributed by atoms with Crippen LogP contribution in [0.2, 0.25) is 0 Å².